The second kappa shape index (κ2) is 43.9. The molecule has 4 fully saturated rings. The van der Waals surface area contributed by atoms with E-state index < -0.39 is 320 Å². The number of aryl methyl sites for hydroxylation is 4. The molecule has 4 aromatic carbocycles. The topological polar surface area (TPSA) is 296 Å². The number of nitrogens with zero attached hydrogens (tertiary/aromatic N) is 4. The Morgan fingerprint density at radius 1 is 0.367 bits per heavy atom. The minimum Gasteiger partial charge on any atom is -0.493 e. The molecule has 8 aliphatic rings. The Kier molecular flexibility index (Phi) is 16.2. The van der Waals surface area contributed by atoms with Crippen molar-refractivity contribution in [1.29, 1.82) is 0 Å². The molecule has 8 aliphatic heterocycles. The fourth-order valence-electron chi connectivity index (χ4n) is 15.5. The highest BCUT2D eigenvalue weighted by atomic mass is 16.6. The summed E-state index contributed by atoms with van der Waals surface area (Å²) in [6, 6.07) is -12.8. The van der Waals surface area contributed by atoms with E-state index in [0.717, 1.165) is 37.8 Å². The summed E-state index contributed by atoms with van der Waals surface area (Å²) in [5.74, 6) is -27.5. The molecule has 24 heteroatoms. The van der Waals surface area contributed by atoms with Gasteiger partial charge < -0.3 is 79.8 Å². The van der Waals surface area contributed by atoms with Gasteiger partial charge in [-0.15, -0.1) is 0 Å². The quantitative estimate of drug-likeness (QED) is 0.0303. The fraction of sp³-hybridized carbons (Fsp3) is 0.708. The van der Waals surface area contributed by atoms with Crippen molar-refractivity contribution >= 4 is 23.9 Å². The molecule has 16 atom stereocenters. The minimum absolute atomic E-state index is 0.000900. The summed E-state index contributed by atoms with van der Waals surface area (Å²) < 4.78 is 539. The molecule has 4 saturated heterocycles. The van der Waals surface area contributed by atoms with Gasteiger partial charge in [0.15, 0.2) is 46.0 Å². The zero-order valence-corrected chi connectivity index (χ0v) is 69.7. The molecule has 0 aliphatic carbocycles. The Balaban J connectivity index is 0.000000259. The van der Waals surface area contributed by atoms with Crippen molar-refractivity contribution in [3.63, 3.8) is 0 Å². The minimum atomic E-state index is -3.88. The molecule has 0 amide bonds. The van der Waals surface area contributed by atoms with Gasteiger partial charge >= 0.3 is 23.9 Å². The lowest BCUT2D eigenvalue weighted by molar-refractivity contribution is -0.161. The first-order chi connectivity index (χ1) is 79.3. The molecule has 0 spiro atoms. The molecular formula is C96H152N8O16. The van der Waals surface area contributed by atoms with Crippen LogP contribution in [0.2, 0.25) is 0 Å². The summed E-state index contributed by atoms with van der Waals surface area (Å²) in [6.07, 6.45) is -18.8. The molecule has 0 aromatic heterocycles. The number of methoxy groups -OCH3 is 8. The second-order valence-corrected chi connectivity index (χ2v) is 31.3. The van der Waals surface area contributed by atoms with Crippen LogP contribution in [0.4, 0.5) is 0 Å². The number of benzene rings is 4. The summed E-state index contributed by atoms with van der Waals surface area (Å²) in [4.78, 5) is 58.0. The van der Waals surface area contributed by atoms with Crippen molar-refractivity contribution in [2.45, 2.75) is 260 Å². The molecule has 12 unspecified atom stereocenters. The van der Waals surface area contributed by atoms with Crippen molar-refractivity contribution in [3.8, 4) is 46.0 Å². The average Bonchev–Trinajstić information content (AvgIpc) is 0.690. The Morgan fingerprint density at radius 3 is 0.900 bits per heavy atom. The monoisotopic (exact) mass is 1730 g/mol. The highest BCUT2D eigenvalue weighted by molar-refractivity contribution is 5.77. The maximum Gasteiger partial charge on any atom is 0.323 e. The number of nitrogens with two attached hydrogens (primary N) is 4. The lowest BCUT2D eigenvalue weighted by atomic mass is 9.79. The molecule has 0 saturated carbocycles. The number of carbonyl (C=O) groups excluding carboxylic acids is 4. The first kappa shape index (κ1) is 44.1. The summed E-state index contributed by atoms with van der Waals surface area (Å²) in [6.45, 7) is -28.1. The Bertz CT molecular complexity index is 6430. The van der Waals surface area contributed by atoms with E-state index in [4.69, 9.17) is 154 Å². The lowest BCUT2D eigenvalue weighted by Gasteiger charge is -2.47. The van der Waals surface area contributed by atoms with Crippen LogP contribution in [-0.4, -0.2) is 201 Å². The lowest BCUT2D eigenvalue weighted by Crippen LogP contribution is -2.51. The van der Waals surface area contributed by atoms with Crippen LogP contribution < -0.4 is 60.8 Å². The van der Waals surface area contributed by atoms with Gasteiger partial charge in [-0.05, 0) is 191 Å². The molecular weight excluding hydrogens is 1520 g/mol. The number of hydrogen-bond donors (Lipinski definition) is 4. The standard InChI is InChI=1S/4C24H38N2O4/c4*1-14(2)9-17-13-26-8-7-16-10-21(28-5)22(29-6)11-18(16)19(26)12-20(17)30-24(27)23(25)15(3)4/h4*10-11,14-15,17,19-20,23H,7-9,12-13,25H2,1-6H3/t4*17?,19?,20?,23-/m0000/s1/i3D3,4D3,5D3,7D2,8D2,15D,20D,23D;3D3,4D3,5D3,7D2,8D2,15D,19D,23D;2*3D3,4D3,7D2,8D2,15D,19D,23D. The van der Waals surface area contributed by atoms with E-state index >= 15 is 0 Å². The Morgan fingerprint density at radius 2 is 0.617 bits per heavy atom. The van der Waals surface area contributed by atoms with Gasteiger partial charge in [-0.1, -0.05) is 110 Å². The van der Waals surface area contributed by atoms with Crippen molar-refractivity contribution in [2.24, 2.45) is 93.9 Å². The predicted octanol–water partition coefficient (Wildman–Crippen LogP) is 14.3. The number of fused-ring (bicyclic) bond motifs is 12. The Labute approximate surface area is 800 Å². The third-order valence-corrected chi connectivity index (χ3v) is 21.2. The summed E-state index contributed by atoms with van der Waals surface area (Å²) >= 11 is 0. The first-order valence-corrected chi connectivity index (χ1v) is 38.8. The van der Waals surface area contributed by atoms with Crippen LogP contribution in [0.25, 0.3) is 0 Å². The SMILES string of the molecule is [2H]C([2H])([2H])Oc1cc2c(cc1OC)C1([2H])CC(OC(=O)[C@@]([2H])(N)C([2H])(C([2H])([2H])[2H])C([2H])([2H])[2H])C(CC(C)C)CN1C([2H])([2H])C2([2H])[2H].[2H]C([2H])([2H])Oc1cc2c(cc1OC)C1CC([2H])(OC(=O)[C@@]([2H])(N)C([2H])(C([2H])([2H])[2H])C([2H])([2H])[2H])C(CC(C)C)CN1C([2H])([2H])C2([2H])[2H].[2H]C12CC(OC(=O)[C@@]([2H])(N)C([2H])(C([2H])([2H])[2H])C([2H])([2H])[2H])C(CC(C)C)CN1C([2H])([2H])C([2H])([2H])c1cc(OC)c(OC)cc12.[2H]C12CC(OC(=O)[C@@]([2H])(N)C([2H])(C([2H])([2H])[2H])C([2H])([2H])[2H])C(CC(C)C)CN1C([2H])([2H])C([2H])([2H])c1cc(OC)c(OC)cc12. The fourth-order valence-corrected chi connectivity index (χ4v) is 15.5. The van der Waals surface area contributed by atoms with E-state index in [1.165, 1.54) is 73.0 Å². The molecule has 0 radical (unpaired) electrons. The molecule has 12 rings (SSSR count). The van der Waals surface area contributed by atoms with Gasteiger partial charge in [0.1, 0.15) is 48.5 Å². The largest absolute Gasteiger partial charge is 0.493 e. The van der Waals surface area contributed by atoms with Crippen LogP contribution in [0.3, 0.4) is 0 Å². The van der Waals surface area contributed by atoms with E-state index in [9.17, 15) is 24.7 Å². The van der Waals surface area contributed by atoms with Crippen LogP contribution in [0.5, 0.6) is 46.0 Å². The third kappa shape index (κ3) is 23.8. The van der Waals surface area contributed by atoms with E-state index in [2.05, 4.69) is 0 Å². The van der Waals surface area contributed by atoms with Crippen LogP contribution >= 0.6 is 0 Å². The first-order valence-electron chi connectivity index (χ1n) is 67.8. The number of piperidine rings is 4. The number of carbonyl (C=O) groups is 4. The molecule has 8 heterocycles. The van der Waals surface area contributed by atoms with Crippen molar-refractivity contribution < 1.29 is 156 Å². The molecule has 4 aromatic rings. The summed E-state index contributed by atoms with van der Waals surface area (Å²) in [5, 5.41) is 0. The average molecular weight is 1730 g/mol. The molecule has 8 N–H and O–H groups in total. The normalized spacial score (nSPS) is 40.3. The van der Waals surface area contributed by atoms with E-state index in [1.54, 1.807) is 27.7 Å². The molecule has 0 bridgehead atoms. The summed E-state index contributed by atoms with van der Waals surface area (Å²) in [7, 11) is 1.68. The molecule has 672 valence electrons. The van der Waals surface area contributed by atoms with Gasteiger partial charge in [-0.3, -0.25) is 38.8 Å². The zero-order chi connectivity index (χ0) is 138. The van der Waals surface area contributed by atoms with Crippen LogP contribution in [0.1, 0.15) is 310 Å². The van der Waals surface area contributed by atoms with Gasteiger partial charge in [0.2, 0.25) is 0 Å². The van der Waals surface area contributed by atoms with Crippen molar-refractivity contribution in [3.05, 3.63) is 93.0 Å². The number of hydrogen-bond acceptors (Lipinski definition) is 24. The van der Waals surface area contributed by atoms with Crippen LogP contribution in [0, 0.1) is 70.9 Å². The third-order valence-electron chi connectivity index (χ3n) is 21.2. The van der Waals surface area contributed by atoms with E-state index in [-0.39, 0.29) is 136 Å². The number of ether oxygens (including phenoxy) is 12. The van der Waals surface area contributed by atoms with Gasteiger partial charge in [0.25, 0.3) is 0 Å². The predicted molar refractivity (Wildman–Crippen MR) is 471 cm³/mol. The van der Waals surface area contributed by atoms with Gasteiger partial charge in [-0.25, -0.2) is 0 Å². The number of rotatable bonds is 28. The molecule has 120 heavy (non-hydrogen) atoms. The van der Waals surface area contributed by atoms with Crippen molar-refractivity contribution in [1.82, 2.24) is 19.6 Å². The smallest absolute Gasteiger partial charge is 0.323 e. The van der Waals surface area contributed by atoms with Crippen molar-refractivity contribution in [2.75, 3.05) is 109 Å². The second-order valence-electron chi connectivity index (χ2n) is 31.3. The highest BCUT2D eigenvalue weighted by Crippen LogP contribution is 2.50. The van der Waals surface area contributed by atoms with Crippen LogP contribution in [-0.2, 0) is 63.6 Å². The summed E-state index contributed by atoms with van der Waals surface area (Å²) in [5.41, 5.74) is 21.7. The molecule has 24 nitrogen and oxygen atoms in total. The zero-order valence-electron chi connectivity index (χ0n) is 128. The number of esters is 4. The van der Waals surface area contributed by atoms with E-state index in [0.29, 0.717) is 0 Å². The van der Waals surface area contributed by atoms with Crippen LogP contribution in [0.15, 0.2) is 48.5 Å². The van der Waals surface area contributed by atoms with E-state index in [1.807, 2.05) is 27.7 Å². The highest BCUT2D eigenvalue weighted by Gasteiger charge is 2.47. The van der Waals surface area contributed by atoms with Gasteiger partial charge in [0, 0.05) is 186 Å². The van der Waals surface area contributed by atoms with Gasteiger partial charge in [0.05, 0.1) is 75.9 Å². The van der Waals surface area contributed by atoms with Gasteiger partial charge in [-0.2, -0.15) is 0 Å². The maximum atomic E-state index is 13.5. The maximum absolute atomic E-state index is 13.5. The Hall–Kier alpha value is -7.16.